The third kappa shape index (κ3) is 0.597. The molecule has 0 aromatic carbocycles. The van der Waals surface area contributed by atoms with Gasteiger partial charge in [0.1, 0.15) is 0 Å². The number of nitroso groups, excluding NO2 is 1. The van der Waals surface area contributed by atoms with Gasteiger partial charge < -0.3 is 0 Å². The van der Waals surface area contributed by atoms with Crippen molar-refractivity contribution in [2.45, 2.75) is 18.4 Å². The van der Waals surface area contributed by atoms with Crippen molar-refractivity contribution in [2.24, 2.45) is 5.18 Å². The summed E-state index contributed by atoms with van der Waals surface area (Å²) in [6.45, 7) is 0. The van der Waals surface area contributed by atoms with Gasteiger partial charge in [-0.15, -0.1) is 0 Å². The second-order valence-corrected chi connectivity index (χ2v) is 1.59. The zero-order chi connectivity index (χ0) is 5.49. The molecule has 2 nitrogen and oxygen atoms in total. The van der Waals surface area contributed by atoms with Crippen molar-refractivity contribution in [1.82, 2.24) is 0 Å². The summed E-state index contributed by atoms with van der Waals surface area (Å²) in [5.74, 6) is -2.76. The van der Waals surface area contributed by atoms with Crippen molar-refractivity contribution < 1.29 is 8.78 Å². The van der Waals surface area contributed by atoms with E-state index in [9.17, 15) is 13.7 Å². The Labute approximate surface area is 38.5 Å². The van der Waals surface area contributed by atoms with E-state index in [1.54, 1.807) is 0 Å². The van der Waals surface area contributed by atoms with Gasteiger partial charge in [-0.3, -0.25) is 0 Å². The van der Waals surface area contributed by atoms with Gasteiger partial charge >= 0.3 is 0 Å². The molecule has 1 saturated carbocycles. The van der Waals surface area contributed by atoms with E-state index in [0.717, 1.165) is 0 Å². The summed E-state index contributed by atoms with van der Waals surface area (Å²) in [6.07, 6.45) is -0.351. The summed E-state index contributed by atoms with van der Waals surface area (Å²) < 4.78 is 23.0. The van der Waals surface area contributed by atoms with Crippen molar-refractivity contribution in [3.63, 3.8) is 0 Å². The molecule has 40 valence electrons. The predicted octanol–water partition coefficient (Wildman–Crippen LogP) is 1.16. The van der Waals surface area contributed by atoms with Gasteiger partial charge in [0.25, 0.3) is 5.92 Å². The first kappa shape index (κ1) is 4.61. The molecule has 0 heterocycles. The molecule has 0 aliphatic heterocycles. The third-order valence-corrected chi connectivity index (χ3v) is 0.920. The molecular weight excluding hydrogens is 104 g/mol. The molecule has 1 atom stereocenters. The third-order valence-electron chi connectivity index (χ3n) is 0.920. The second-order valence-electron chi connectivity index (χ2n) is 1.59. The minimum atomic E-state index is -2.76. The van der Waals surface area contributed by atoms with E-state index in [1.807, 2.05) is 0 Å². The van der Waals surface area contributed by atoms with Gasteiger partial charge in [-0.2, -0.15) is 4.91 Å². The number of hydrogen-bond donors (Lipinski definition) is 0. The molecule has 0 spiro atoms. The van der Waals surface area contributed by atoms with E-state index in [-0.39, 0.29) is 6.42 Å². The lowest BCUT2D eigenvalue weighted by Crippen LogP contribution is -1.92. The van der Waals surface area contributed by atoms with Gasteiger partial charge in [-0.05, 0) is 0 Å². The van der Waals surface area contributed by atoms with Crippen LogP contribution in [0, 0.1) is 4.91 Å². The van der Waals surface area contributed by atoms with Gasteiger partial charge in [0.2, 0.25) is 0 Å². The average Bonchev–Trinajstić information content (AvgIpc) is 2.13. The normalized spacial score (nSPS) is 34.9. The largest absolute Gasteiger partial charge is 0.276 e. The van der Waals surface area contributed by atoms with Gasteiger partial charge in [0, 0.05) is 6.42 Å². The summed E-state index contributed by atoms with van der Waals surface area (Å²) in [5, 5.41) is 2.15. The van der Waals surface area contributed by atoms with E-state index in [2.05, 4.69) is 5.18 Å². The minimum absolute atomic E-state index is 0.351. The lowest BCUT2D eigenvalue weighted by Gasteiger charge is -1.80. The molecular formula is C3H3F2NO. The molecule has 0 radical (unpaired) electrons. The summed E-state index contributed by atoms with van der Waals surface area (Å²) in [7, 11) is 0. The first-order valence-corrected chi connectivity index (χ1v) is 1.87. The fourth-order valence-electron chi connectivity index (χ4n) is 0.313. The maximum Gasteiger partial charge on any atom is 0.276 e. The van der Waals surface area contributed by atoms with E-state index >= 15 is 0 Å². The lowest BCUT2D eigenvalue weighted by atomic mass is 10.7. The summed E-state index contributed by atoms with van der Waals surface area (Å²) in [6, 6.07) is -1.22. The lowest BCUT2D eigenvalue weighted by molar-refractivity contribution is 0.113. The highest BCUT2D eigenvalue weighted by Gasteiger charge is 2.59. The Morgan fingerprint density at radius 1 is 1.71 bits per heavy atom. The van der Waals surface area contributed by atoms with E-state index in [4.69, 9.17) is 0 Å². The minimum Gasteiger partial charge on any atom is -0.204 e. The average molecular weight is 107 g/mol. The van der Waals surface area contributed by atoms with Crippen molar-refractivity contribution >= 4 is 0 Å². The van der Waals surface area contributed by atoms with Crippen LogP contribution >= 0.6 is 0 Å². The zero-order valence-electron chi connectivity index (χ0n) is 3.40. The maximum atomic E-state index is 11.5. The fraction of sp³-hybridized carbons (Fsp3) is 1.00. The van der Waals surface area contributed by atoms with Gasteiger partial charge in [-0.1, -0.05) is 5.18 Å². The van der Waals surface area contributed by atoms with Crippen LogP contribution in [0.25, 0.3) is 0 Å². The Balaban J connectivity index is 2.44. The first-order valence-electron chi connectivity index (χ1n) is 1.87. The first-order chi connectivity index (χ1) is 3.17. The topological polar surface area (TPSA) is 29.4 Å². The van der Waals surface area contributed by atoms with Crippen LogP contribution in [0.5, 0.6) is 0 Å². The zero-order valence-corrected chi connectivity index (χ0v) is 3.40. The van der Waals surface area contributed by atoms with Crippen molar-refractivity contribution in [3.05, 3.63) is 4.91 Å². The van der Waals surface area contributed by atoms with Gasteiger partial charge in [0.15, 0.2) is 6.04 Å². The Bertz CT molecular complexity index is 103. The molecule has 0 bridgehead atoms. The van der Waals surface area contributed by atoms with Crippen LogP contribution in [0.1, 0.15) is 6.42 Å². The molecule has 0 unspecified atom stereocenters. The van der Waals surface area contributed by atoms with Gasteiger partial charge in [0.05, 0.1) is 0 Å². The smallest absolute Gasteiger partial charge is 0.204 e. The van der Waals surface area contributed by atoms with Crippen molar-refractivity contribution in [3.8, 4) is 0 Å². The maximum absolute atomic E-state index is 11.5. The number of alkyl halides is 2. The van der Waals surface area contributed by atoms with Crippen LogP contribution in [0.4, 0.5) is 8.78 Å². The van der Waals surface area contributed by atoms with E-state index in [0.29, 0.717) is 0 Å². The monoisotopic (exact) mass is 107 g/mol. The highest BCUT2D eigenvalue weighted by atomic mass is 19.3. The molecule has 1 aliphatic rings. The summed E-state index contributed by atoms with van der Waals surface area (Å²) >= 11 is 0. The van der Waals surface area contributed by atoms with Crippen LogP contribution in [-0.2, 0) is 0 Å². The van der Waals surface area contributed by atoms with Crippen LogP contribution < -0.4 is 0 Å². The number of halogens is 2. The Morgan fingerprint density at radius 3 is 2.14 bits per heavy atom. The Hall–Kier alpha value is -0.540. The highest BCUT2D eigenvalue weighted by Crippen LogP contribution is 2.43. The quantitative estimate of drug-likeness (QED) is 0.462. The standard InChI is InChI=1S/C3H3F2NO/c4-3(5)1-2(3)6-7/h2H,1H2/t2-/m0/s1. The van der Waals surface area contributed by atoms with Crippen LogP contribution in [0.2, 0.25) is 0 Å². The molecule has 0 saturated heterocycles. The molecule has 1 aliphatic carbocycles. The molecule has 0 aromatic rings. The predicted molar refractivity (Wildman–Crippen MR) is 19.1 cm³/mol. The number of nitrogens with zero attached hydrogens (tertiary/aromatic N) is 1. The molecule has 0 aromatic heterocycles. The molecule has 0 amide bonds. The SMILES string of the molecule is O=N[C@H]1CC1(F)F. The molecule has 0 N–H and O–H groups in total. The number of rotatable bonds is 1. The molecule has 1 rings (SSSR count). The van der Waals surface area contributed by atoms with Gasteiger partial charge in [-0.25, -0.2) is 8.78 Å². The molecule has 1 fully saturated rings. The van der Waals surface area contributed by atoms with Crippen LogP contribution in [0.15, 0.2) is 5.18 Å². The highest BCUT2D eigenvalue weighted by molar-refractivity contribution is 5.01. The van der Waals surface area contributed by atoms with Crippen molar-refractivity contribution in [1.29, 1.82) is 0 Å². The van der Waals surface area contributed by atoms with Crippen LogP contribution in [-0.4, -0.2) is 12.0 Å². The van der Waals surface area contributed by atoms with Crippen molar-refractivity contribution in [2.75, 3.05) is 0 Å². The van der Waals surface area contributed by atoms with Crippen LogP contribution in [0.3, 0.4) is 0 Å². The Kier molecular flexibility index (Phi) is 0.654. The summed E-state index contributed by atoms with van der Waals surface area (Å²) in [5.41, 5.74) is 0. The Morgan fingerprint density at radius 2 is 2.14 bits per heavy atom. The molecule has 7 heavy (non-hydrogen) atoms. The number of hydrogen-bond acceptors (Lipinski definition) is 2. The summed E-state index contributed by atoms with van der Waals surface area (Å²) in [4.78, 5) is 9.25. The van der Waals surface area contributed by atoms with E-state index < -0.39 is 12.0 Å². The molecule has 4 heteroatoms. The second kappa shape index (κ2) is 0.993. The van der Waals surface area contributed by atoms with E-state index in [1.165, 1.54) is 0 Å². The fourth-order valence-corrected chi connectivity index (χ4v) is 0.313.